The molecule has 1 aromatic rings. The van der Waals surface area contributed by atoms with Gasteiger partial charge in [-0.3, -0.25) is 5.32 Å². The number of rotatable bonds is 3. The van der Waals surface area contributed by atoms with E-state index in [0.29, 0.717) is 37.5 Å². The second-order valence-corrected chi connectivity index (χ2v) is 5.53. The van der Waals surface area contributed by atoms with E-state index in [9.17, 15) is 18.0 Å². The van der Waals surface area contributed by atoms with E-state index < -0.39 is 23.8 Å². The highest BCUT2D eigenvalue weighted by Gasteiger charge is 2.60. The van der Waals surface area contributed by atoms with Crippen molar-refractivity contribution in [3.63, 3.8) is 0 Å². The minimum atomic E-state index is -4.97. The van der Waals surface area contributed by atoms with Crippen LogP contribution >= 0.6 is 0 Å². The third-order valence-corrected chi connectivity index (χ3v) is 4.11. The van der Waals surface area contributed by atoms with Gasteiger partial charge in [0.1, 0.15) is 0 Å². The van der Waals surface area contributed by atoms with E-state index in [1.807, 2.05) is 6.92 Å². The van der Waals surface area contributed by atoms with Crippen LogP contribution < -0.4 is 5.32 Å². The van der Waals surface area contributed by atoms with Gasteiger partial charge in [0.25, 0.3) is 0 Å². The summed E-state index contributed by atoms with van der Waals surface area (Å²) in [6.45, 7) is 2.42. The third kappa shape index (κ3) is 2.39. The number of hydrogen-bond donors (Lipinski definition) is 1. The van der Waals surface area contributed by atoms with Crippen molar-refractivity contribution in [2.45, 2.75) is 44.5 Å². The Kier molecular flexibility index (Phi) is 3.19. The maximum atomic E-state index is 12.2. The average Bonchev–Trinajstić information content (AvgIpc) is 2.80. The summed E-state index contributed by atoms with van der Waals surface area (Å²) in [6.07, 6.45) is -4.06. The maximum absolute atomic E-state index is 12.2. The molecule has 1 unspecified atom stereocenters. The second kappa shape index (κ2) is 4.69. The van der Waals surface area contributed by atoms with Crippen LogP contribution in [0.3, 0.4) is 0 Å². The maximum Gasteiger partial charge on any atom is 0.490 e. The van der Waals surface area contributed by atoms with Crippen molar-refractivity contribution in [3.05, 3.63) is 11.7 Å². The molecule has 3 rings (SSSR count). The van der Waals surface area contributed by atoms with Crippen molar-refractivity contribution in [3.8, 4) is 0 Å². The Labute approximate surface area is 118 Å². The fourth-order valence-corrected chi connectivity index (χ4v) is 2.85. The number of ether oxygens (including phenoxy) is 1. The van der Waals surface area contributed by atoms with Gasteiger partial charge in [-0.25, -0.2) is 4.79 Å². The minimum Gasteiger partial charge on any atom is -0.439 e. The number of hydrogen-bond acceptors (Lipinski definition) is 6. The first-order valence-corrected chi connectivity index (χ1v) is 6.68. The van der Waals surface area contributed by atoms with Gasteiger partial charge in [0.15, 0.2) is 12.1 Å². The number of nitrogens with zero attached hydrogens (tertiary/aromatic N) is 2. The molecule has 116 valence electrons. The number of nitrogens with one attached hydrogen (secondary N) is 1. The Morgan fingerprint density at radius 1 is 1.52 bits per heavy atom. The molecule has 0 bridgehead atoms. The zero-order valence-corrected chi connectivity index (χ0v) is 11.2. The number of halogens is 3. The largest absolute Gasteiger partial charge is 0.490 e. The standard InChI is InChI=1S/C12H14F3N3O3/c1-2-7-17-8(21-18-7)6-3-11(4-6)5-16-9(11)20-10(19)12(13,14)15/h6,9,16H,2-5H2,1H3. The number of aryl methyl sites for hydroxylation is 1. The van der Waals surface area contributed by atoms with Gasteiger partial charge in [0, 0.05) is 24.3 Å². The summed E-state index contributed by atoms with van der Waals surface area (Å²) in [5.74, 6) is -1.02. The normalized spacial score (nSPS) is 31.6. The van der Waals surface area contributed by atoms with Crippen LogP contribution in [0.25, 0.3) is 0 Å². The van der Waals surface area contributed by atoms with Crippen molar-refractivity contribution >= 4 is 5.97 Å². The molecule has 21 heavy (non-hydrogen) atoms. The summed E-state index contributed by atoms with van der Waals surface area (Å²) in [4.78, 5) is 15.1. The van der Waals surface area contributed by atoms with Gasteiger partial charge in [-0.1, -0.05) is 12.1 Å². The van der Waals surface area contributed by atoms with E-state index in [2.05, 4.69) is 20.2 Å². The summed E-state index contributed by atoms with van der Waals surface area (Å²) >= 11 is 0. The molecule has 0 amide bonds. The highest BCUT2D eigenvalue weighted by atomic mass is 19.4. The summed E-state index contributed by atoms with van der Waals surface area (Å²) in [5, 5.41) is 6.51. The molecule has 1 saturated heterocycles. The van der Waals surface area contributed by atoms with Crippen molar-refractivity contribution in [2.24, 2.45) is 5.41 Å². The summed E-state index contributed by atoms with van der Waals surface area (Å²) in [6, 6.07) is 0. The molecule has 1 aromatic heterocycles. The molecule has 2 heterocycles. The van der Waals surface area contributed by atoms with Gasteiger partial charge in [-0.2, -0.15) is 18.2 Å². The molecule has 0 aromatic carbocycles. The van der Waals surface area contributed by atoms with Crippen LogP contribution in [-0.2, 0) is 16.0 Å². The predicted molar refractivity (Wildman–Crippen MR) is 62.0 cm³/mol. The van der Waals surface area contributed by atoms with E-state index in [-0.39, 0.29) is 5.92 Å². The minimum absolute atomic E-state index is 0.0204. The highest BCUT2D eigenvalue weighted by Crippen LogP contribution is 2.56. The first-order chi connectivity index (χ1) is 9.84. The molecule has 1 saturated carbocycles. The van der Waals surface area contributed by atoms with E-state index in [1.165, 1.54) is 0 Å². The Morgan fingerprint density at radius 2 is 2.24 bits per heavy atom. The fourth-order valence-electron chi connectivity index (χ4n) is 2.85. The Balaban J connectivity index is 1.58. The number of esters is 1. The Morgan fingerprint density at radius 3 is 2.71 bits per heavy atom. The van der Waals surface area contributed by atoms with Gasteiger partial charge in [0.2, 0.25) is 5.89 Å². The number of aromatic nitrogens is 2. The van der Waals surface area contributed by atoms with Crippen molar-refractivity contribution in [1.29, 1.82) is 0 Å². The molecule has 1 N–H and O–H groups in total. The molecule has 9 heteroatoms. The third-order valence-electron chi connectivity index (χ3n) is 4.11. The molecule has 1 spiro atoms. The first kappa shape index (κ1) is 14.3. The van der Waals surface area contributed by atoms with Crippen LogP contribution in [0.4, 0.5) is 13.2 Å². The van der Waals surface area contributed by atoms with Crippen LogP contribution in [0.15, 0.2) is 4.52 Å². The van der Waals surface area contributed by atoms with Gasteiger partial charge >= 0.3 is 12.1 Å². The Bertz CT molecular complexity index is 551. The van der Waals surface area contributed by atoms with Gasteiger partial charge in [0.05, 0.1) is 0 Å². The van der Waals surface area contributed by atoms with Gasteiger partial charge < -0.3 is 9.26 Å². The molecule has 2 aliphatic rings. The van der Waals surface area contributed by atoms with Crippen molar-refractivity contribution in [2.75, 3.05) is 6.54 Å². The van der Waals surface area contributed by atoms with Gasteiger partial charge in [-0.05, 0) is 12.8 Å². The smallest absolute Gasteiger partial charge is 0.439 e. The fraction of sp³-hybridized carbons (Fsp3) is 0.750. The zero-order valence-electron chi connectivity index (χ0n) is 11.2. The van der Waals surface area contributed by atoms with Crippen LogP contribution in [0, 0.1) is 5.41 Å². The number of carbonyl (C=O) groups excluding carboxylic acids is 1. The summed E-state index contributed by atoms with van der Waals surface area (Å²) in [7, 11) is 0. The van der Waals surface area contributed by atoms with Gasteiger partial charge in [-0.15, -0.1) is 0 Å². The molecular weight excluding hydrogens is 291 g/mol. The quantitative estimate of drug-likeness (QED) is 0.853. The topological polar surface area (TPSA) is 77.3 Å². The molecule has 6 nitrogen and oxygen atoms in total. The summed E-state index contributed by atoms with van der Waals surface area (Å²) in [5.41, 5.74) is -0.438. The average molecular weight is 305 g/mol. The molecule has 1 atom stereocenters. The number of alkyl halides is 3. The number of carbonyl (C=O) groups is 1. The SMILES string of the molecule is CCc1noc(C2CC3(CNC3OC(=O)C(F)(F)F)C2)n1. The van der Waals surface area contributed by atoms with E-state index in [1.54, 1.807) is 0 Å². The van der Waals surface area contributed by atoms with Crippen LogP contribution in [0.2, 0.25) is 0 Å². The highest BCUT2D eigenvalue weighted by molar-refractivity contribution is 5.75. The lowest BCUT2D eigenvalue weighted by molar-refractivity contribution is -0.230. The van der Waals surface area contributed by atoms with E-state index >= 15 is 0 Å². The first-order valence-electron chi connectivity index (χ1n) is 6.68. The van der Waals surface area contributed by atoms with E-state index in [0.717, 1.165) is 0 Å². The van der Waals surface area contributed by atoms with Crippen LogP contribution in [0.1, 0.15) is 37.4 Å². The predicted octanol–water partition coefficient (Wildman–Crippen LogP) is 1.53. The molecule has 0 radical (unpaired) electrons. The monoisotopic (exact) mass is 305 g/mol. The zero-order chi connectivity index (χ0) is 15.3. The molecule has 1 aliphatic heterocycles. The molecule has 2 fully saturated rings. The van der Waals surface area contributed by atoms with Crippen LogP contribution in [0.5, 0.6) is 0 Å². The van der Waals surface area contributed by atoms with Crippen LogP contribution in [-0.4, -0.2) is 35.1 Å². The summed E-state index contributed by atoms with van der Waals surface area (Å²) < 4.78 is 46.2. The molecule has 1 aliphatic carbocycles. The van der Waals surface area contributed by atoms with Crippen molar-refractivity contribution in [1.82, 2.24) is 15.5 Å². The lowest BCUT2D eigenvalue weighted by Crippen LogP contribution is -2.69. The lowest BCUT2D eigenvalue weighted by atomic mass is 9.57. The van der Waals surface area contributed by atoms with Crippen molar-refractivity contribution < 1.29 is 27.2 Å². The second-order valence-electron chi connectivity index (χ2n) is 5.53. The Hall–Kier alpha value is -1.64. The van der Waals surface area contributed by atoms with E-state index in [4.69, 9.17) is 4.52 Å². The molecular formula is C12H14F3N3O3. The lowest BCUT2D eigenvalue weighted by Gasteiger charge is -2.57.